The normalized spacial score (nSPS) is 18.3. The number of carboxylic acid groups (broad SMARTS) is 1. The number of hydrogen-bond acceptors (Lipinski definition) is 3. The number of aliphatic carboxylic acids is 1. The SMILES string of the molecule is CN1CCC(CCC(=O)N(C)C(C)(C)C(=O)O)CC1. The first-order valence-corrected chi connectivity index (χ1v) is 6.93. The highest BCUT2D eigenvalue weighted by Crippen LogP contribution is 2.22. The average molecular weight is 270 g/mol. The number of hydrogen-bond donors (Lipinski definition) is 1. The minimum atomic E-state index is -1.14. The van der Waals surface area contributed by atoms with Crippen molar-refractivity contribution in [2.24, 2.45) is 5.92 Å². The molecule has 1 saturated heterocycles. The zero-order chi connectivity index (χ0) is 14.6. The third-order valence-electron chi connectivity index (χ3n) is 4.34. The number of rotatable bonds is 5. The molecule has 5 heteroatoms. The lowest BCUT2D eigenvalue weighted by Crippen LogP contribution is -2.50. The van der Waals surface area contributed by atoms with E-state index in [1.807, 2.05) is 0 Å². The second kappa shape index (κ2) is 6.37. The third kappa shape index (κ3) is 4.20. The van der Waals surface area contributed by atoms with Crippen molar-refractivity contribution >= 4 is 11.9 Å². The number of carboxylic acids is 1. The molecule has 1 amide bonds. The molecule has 1 aliphatic heterocycles. The van der Waals surface area contributed by atoms with E-state index in [0.717, 1.165) is 32.4 Å². The summed E-state index contributed by atoms with van der Waals surface area (Å²) in [6, 6.07) is 0. The molecule has 19 heavy (non-hydrogen) atoms. The molecule has 0 aromatic carbocycles. The Hall–Kier alpha value is -1.10. The van der Waals surface area contributed by atoms with E-state index in [1.54, 1.807) is 20.9 Å². The zero-order valence-corrected chi connectivity index (χ0v) is 12.5. The molecule has 0 aromatic heterocycles. The van der Waals surface area contributed by atoms with Gasteiger partial charge < -0.3 is 14.9 Å². The van der Waals surface area contributed by atoms with Gasteiger partial charge in [-0.15, -0.1) is 0 Å². The number of carbonyl (C=O) groups is 2. The van der Waals surface area contributed by atoms with Gasteiger partial charge in [0.25, 0.3) is 0 Å². The first kappa shape index (κ1) is 16.0. The van der Waals surface area contributed by atoms with Crippen LogP contribution in [0.15, 0.2) is 0 Å². The number of carbonyl (C=O) groups excluding carboxylic acids is 1. The first-order valence-electron chi connectivity index (χ1n) is 6.93. The molecule has 0 saturated carbocycles. The van der Waals surface area contributed by atoms with E-state index in [-0.39, 0.29) is 5.91 Å². The topological polar surface area (TPSA) is 60.9 Å². The maximum atomic E-state index is 12.1. The molecule has 1 fully saturated rings. The van der Waals surface area contributed by atoms with Gasteiger partial charge in [0.05, 0.1) is 0 Å². The van der Waals surface area contributed by atoms with Crippen LogP contribution >= 0.6 is 0 Å². The second-order valence-electron chi connectivity index (χ2n) is 6.10. The highest BCUT2D eigenvalue weighted by Gasteiger charge is 2.35. The lowest BCUT2D eigenvalue weighted by molar-refractivity contribution is -0.155. The molecule has 5 nitrogen and oxygen atoms in total. The summed E-state index contributed by atoms with van der Waals surface area (Å²) >= 11 is 0. The number of likely N-dealkylation sites (N-methyl/N-ethyl adjacent to an activating group) is 1. The van der Waals surface area contributed by atoms with E-state index >= 15 is 0 Å². The van der Waals surface area contributed by atoms with Gasteiger partial charge in [0.1, 0.15) is 5.54 Å². The van der Waals surface area contributed by atoms with Gasteiger partial charge in [-0.05, 0) is 59.2 Å². The first-order chi connectivity index (χ1) is 8.75. The summed E-state index contributed by atoms with van der Waals surface area (Å²) in [6.45, 7) is 5.30. The summed E-state index contributed by atoms with van der Waals surface area (Å²) in [5.74, 6) is -0.449. The summed E-state index contributed by atoms with van der Waals surface area (Å²) in [4.78, 5) is 26.8. The van der Waals surface area contributed by atoms with E-state index in [0.29, 0.717) is 12.3 Å². The predicted molar refractivity (Wildman–Crippen MR) is 73.9 cm³/mol. The Labute approximate surface area is 115 Å². The van der Waals surface area contributed by atoms with Gasteiger partial charge in [-0.3, -0.25) is 4.79 Å². The largest absolute Gasteiger partial charge is 0.480 e. The fraction of sp³-hybridized carbons (Fsp3) is 0.857. The van der Waals surface area contributed by atoms with Gasteiger partial charge in [0.2, 0.25) is 5.91 Å². The molecule has 0 atom stereocenters. The molecule has 1 rings (SSSR count). The lowest BCUT2D eigenvalue weighted by atomic mass is 9.92. The van der Waals surface area contributed by atoms with Crippen molar-refractivity contribution in [1.82, 2.24) is 9.80 Å². The predicted octanol–water partition coefficient (Wildman–Crippen LogP) is 1.43. The van der Waals surface area contributed by atoms with Crippen LogP contribution in [0.5, 0.6) is 0 Å². The fourth-order valence-electron chi connectivity index (χ4n) is 2.30. The van der Waals surface area contributed by atoms with Gasteiger partial charge in [0.15, 0.2) is 0 Å². The van der Waals surface area contributed by atoms with Crippen molar-refractivity contribution in [3.63, 3.8) is 0 Å². The van der Waals surface area contributed by atoms with E-state index < -0.39 is 11.5 Å². The zero-order valence-electron chi connectivity index (χ0n) is 12.5. The molecule has 0 aliphatic carbocycles. The molecule has 0 radical (unpaired) electrons. The van der Waals surface area contributed by atoms with E-state index in [2.05, 4.69) is 11.9 Å². The van der Waals surface area contributed by atoms with E-state index in [4.69, 9.17) is 5.11 Å². The maximum Gasteiger partial charge on any atom is 0.329 e. The quantitative estimate of drug-likeness (QED) is 0.821. The van der Waals surface area contributed by atoms with E-state index in [9.17, 15) is 9.59 Å². The second-order valence-corrected chi connectivity index (χ2v) is 6.10. The minimum absolute atomic E-state index is 0.0775. The van der Waals surface area contributed by atoms with Crippen LogP contribution in [0.4, 0.5) is 0 Å². The Bertz CT molecular complexity index is 334. The van der Waals surface area contributed by atoms with Gasteiger partial charge in [-0.1, -0.05) is 0 Å². The van der Waals surface area contributed by atoms with Crippen LogP contribution in [0.2, 0.25) is 0 Å². The molecule has 110 valence electrons. The van der Waals surface area contributed by atoms with Gasteiger partial charge in [0, 0.05) is 13.5 Å². The highest BCUT2D eigenvalue weighted by atomic mass is 16.4. The van der Waals surface area contributed by atoms with Crippen LogP contribution in [0.3, 0.4) is 0 Å². The summed E-state index contributed by atoms with van der Waals surface area (Å²) in [7, 11) is 3.69. The molecule has 0 spiro atoms. The smallest absolute Gasteiger partial charge is 0.329 e. The molecule has 1 heterocycles. The van der Waals surface area contributed by atoms with Crippen LogP contribution in [-0.4, -0.2) is 59.5 Å². The van der Waals surface area contributed by atoms with Crippen LogP contribution in [0, 0.1) is 5.92 Å². The lowest BCUT2D eigenvalue weighted by Gasteiger charge is -2.33. The van der Waals surface area contributed by atoms with E-state index in [1.165, 1.54) is 4.90 Å². The summed E-state index contributed by atoms with van der Waals surface area (Å²) < 4.78 is 0. The molecular formula is C14H26N2O3. The Kier molecular flexibility index (Phi) is 5.35. The van der Waals surface area contributed by atoms with Gasteiger partial charge >= 0.3 is 5.97 Å². The summed E-state index contributed by atoms with van der Waals surface area (Å²) in [5.41, 5.74) is -1.14. The average Bonchev–Trinajstić information content (AvgIpc) is 2.36. The standard InChI is InChI=1S/C14H26N2O3/c1-14(2,13(18)19)16(4)12(17)6-5-11-7-9-15(3)10-8-11/h11H,5-10H2,1-4H3,(H,18,19). The van der Waals surface area contributed by atoms with Crippen molar-refractivity contribution in [2.45, 2.75) is 45.1 Å². The highest BCUT2D eigenvalue weighted by molar-refractivity contribution is 5.86. The number of nitrogens with zero attached hydrogens (tertiary/aromatic N) is 2. The van der Waals surface area contributed by atoms with Crippen molar-refractivity contribution in [2.75, 3.05) is 27.2 Å². The minimum Gasteiger partial charge on any atom is -0.480 e. The van der Waals surface area contributed by atoms with Crippen LogP contribution in [-0.2, 0) is 9.59 Å². The Morgan fingerprint density at radius 1 is 1.32 bits per heavy atom. The van der Waals surface area contributed by atoms with Crippen molar-refractivity contribution in [3.05, 3.63) is 0 Å². The number of piperidine rings is 1. The summed E-state index contributed by atoms with van der Waals surface area (Å²) in [6.07, 6.45) is 3.58. The van der Waals surface area contributed by atoms with Crippen molar-refractivity contribution in [3.8, 4) is 0 Å². The molecule has 1 N–H and O–H groups in total. The van der Waals surface area contributed by atoms with Crippen LogP contribution in [0.1, 0.15) is 39.5 Å². The number of likely N-dealkylation sites (tertiary alicyclic amines) is 1. The van der Waals surface area contributed by atoms with Gasteiger partial charge in [-0.2, -0.15) is 0 Å². The Morgan fingerprint density at radius 3 is 2.32 bits per heavy atom. The third-order valence-corrected chi connectivity index (χ3v) is 4.34. The molecule has 1 aliphatic rings. The van der Waals surface area contributed by atoms with Crippen LogP contribution < -0.4 is 0 Å². The monoisotopic (exact) mass is 270 g/mol. The molecule has 0 bridgehead atoms. The molecule has 0 unspecified atom stereocenters. The molecule has 0 aromatic rings. The molecular weight excluding hydrogens is 244 g/mol. The van der Waals surface area contributed by atoms with Gasteiger partial charge in [-0.25, -0.2) is 4.79 Å². The number of amides is 1. The van der Waals surface area contributed by atoms with Crippen molar-refractivity contribution < 1.29 is 14.7 Å². The van der Waals surface area contributed by atoms with Crippen molar-refractivity contribution in [1.29, 1.82) is 0 Å². The Morgan fingerprint density at radius 2 is 1.84 bits per heavy atom. The van der Waals surface area contributed by atoms with Crippen LogP contribution in [0.25, 0.3) is 0 Å². The Balaban J connectivity index is 2.41. The summed E-state index contributed by atoms with van der Waals surface area (Å²) in [5, 5.41) is 9.11. The fourth-order valence-corrected chi connectivity index (χ4v) is 2.30. The maximum absolute atomic E-state index is 12.1.